The molecule has 2 saturated heterocycles. The Morgan fingerprint density at radius 3 is 2.51 bits per heavy atom. The molecule has 4 aliphatic heterocycles. The summed E-state index contributed by atoms with van der Waals surface area (Å²) in [5, 5.41) is 15.5. The molecule has 0 spiro atoms. The fraction of sp³-hybridized carbons (Fsp3) is 0.594. The van der Waals surface area contributed by atoms with Gasteiger partial charge in [-0.3, -0.25) is 14.5 Å². The second-order valence-corrected chi connectivity index (χ2v) is 12.6. The van der Waals surface area contributed by atoms with Gasteiger partial charge in [-0.25, -0.2) is 14.4 Å². The molecule has 0 aromatic heterocycles. The minimum atomic E-state index is -1.45. The number of rotatable bonds is 4. The fourth-order valence-electron chi connectivity index (χ4n) is 6.76. The quantitative estimate of drug-likeness (QED) is 0.427. The fourth-order valence-corrected chi connectivity index (χ4v) is 6.76. The molecule has 3 fully saturated rings. The van der Waals surface area contributed by atoms with E-state index in [1.54, 1.807) is 4.90 Å². The standard InChI is InChI=1S/C32H40N4O9/c37-27-26-14-24(45-31(42)35-16-20-8-6-7-9-21(20)17-35)18-36(26)28(38)25(33-30(41)44-23-12-13-43-19-23)11-5-3-1-2-4-10-22-15-32(22,34-27)29(39)40/h4,6-10,22-26H,1-3,5,11-19H2,(H,33,41)(H,34,37)(H,39,40)/b10-4-/t22-,23+,24-,25?,26+,32-/m1/s1. The number of nitrogens with one attached hydrogen (secondary N) is 2. The van der Waals surface area contributed by atoms with Crippen LogP contribution in [0.25, 0.3) is 0 Å². The van der Waals surface area contributed by atoms with E-state index in [4.69, 9.17) is 14.2 Å². The van der Waals surface area contributed by atoms with Crippen molar-refractivity contribution >= 4 is 30.0 Å². The number of carbonyl (C=O) groups excluding carboxylic acids is 4. The number of alkyl carbamates (subject to hydrolysis) is 1. The molecule has 1 unspecified atom stereocenters. The highest BCUT2D eigenvalue weighted by atomic mass is 16.6. The monoisotopic (exact) mass is 624 g/mol. The van der Waals surface area contributed by atoms with Gasteiger partial charge in [0.05, 0.1) is 19.8 Å². The Bertz CT molecular complexity index is 1340. The van der Waals surface area contributed by atoms with Crippen LogP contribution in [0.2, 0.25) is 0 Å². The summed E-state index contributed by atoms with van der Waals surface area (Å²) in [6.45, 7) is 1.49. The Hall–Kier alpha value is -4.13. The van der Waals surface area contributed by atoms with Crippen molar-refractivity contribution in [2.24, 2.45) is 5.92 Å². The van der Waals surface area contributed by atoms with E-state index in [-0.39, 0.29) is 31.9 Å². The SMILES string of the molecule is O=C(NC1CCCCC/C=C\[C@@H]2C[C@@]2(C(=O)O)NC(=O)[C@@H]2C[C@@H](OC(=O)N3Cc4ccccc4C3)CN2C1=O)O[C@H]1CCOC1. The van der Waals surface area contributed by atoms with Crippen molar-refractivity contribution in [2.45, 2.75) is 94.3 Å². The third-order valence-corrected chi connectivity index (χ3v) is 9.44. The maximum atomic E-state index is 14.1. The number of allylic oxidation sites excluding steroid dienone is 1. The molecule has 3 N–H and O–H groups in total. The van der Waals surface area contributed by atoms with Crippen molar-refractivity contribution in [3.05, 3.63) is 47.5 Å². The van der Waals surface area contributed by atoms with Crippen LogP contribution in [-0.4, -0.2) is 94.5 Å². The summed E-state index contributed by atoms with van der Waals surface area (Å²) < 4.78 is 16.6. The summed E-state index contributed by atoms with van der Waals surface area (Å²) in [5.74, 6) is -2.64. The number of hydrogen-bond donors (Lipinski definition) is 3. The first-order valence-electron chi connectivity index (χ1n) is 15.8. The van der Waals surface area contributed by atoms with Crippen molar-refractivity contribution in [1.82, 2.24) is 20.4 Å². The second-order valence-electron chi connectivity index (χ2n) is 12.6. The molecule has 1 aromatic carbocycles. The minimum absolute atomic E-state index is 0.00309. The van der Waals surface area contributed by atoms with Gasteiger partial charge in [0.2, 0.25) is 11.8 Å². The van der Waals surface area contributed by atoms with Crippen molar-refractivity contribution in [3.8, 4) is 0 Å². The molecule has 0 bridgehead atoms. The maximum absolute atomic E-state index is 14.1. The Morgan fingerprint density at radius 1 is 1.02 bits per heavy atom. The zero-order chi connectivity index (χ0) is 31.6. The lowest BCUT2D eigenvalue weighted by atomic mass is 10.0. The van der Waals surface area contributed by atoms with E-state index >= 15 is 0 Å². The first kappa shape index (κ1) is 30.9. The lowest BCUT2D eigenvalue weighted by molar-refractivity contribution is -0.145. The average Bonchev–Trinajstić information content (AvgIpc) is 3.43. The van der Waals surface area contributed by atoms with Crippen LogP contribution in [0, 0.1) is 5.92 Å². The van der Waals surface area contributed by atoms with Crippen LogP contribution >= 0.6 is 0 Å². The van der Waals surface area contributed by atoms with Crippen LogP contribution in [0.1, 0.15) is 62.5 Å². The number of nitrogens with zero attached hydrogens (tertiary/aromatic N) is 2. The van der Waals surface area contributed by atoms with E-state index in [2.05, 4.69) is 10.6 Å². The van der Waals surface area contributed by atoms with Gasteiger partial charge in [0.1, 0.15) is 29.8 Å². The number of carboxylic acids is 1. The molecular formula is C32H40N4O9. The highest BCUT2D eigenvalue weighted by molar-refractivity contribution is 5.96. The Balaban J connectivity index is 1.20. The highest BCUT2D eigenvalue weighted by Crippen LogP contribution is 2.45. The smallest absolute Gasteiger partial charge is 0.410 e. The van der Waals surface area contributed by atoms with E-state index in [0.29, 0.717) is 39.0 Å². The zero-order valence-corrected chi connectivity index (χ0v) is 25.2. The maximum Gasteiger partial charge on any atom is 0.410 e. The third kappa shape index (κ3) is 6.77. The predicted octanol–water partition coefficient (Wildman–Crippen LogP) is 2.47. The van der Waals surface area contributed by atoms with Gasteiger partial charge in [-0.2, -0.15) is 0 Å². The first-order valence-corrected chi connectivity index (χ1v) is 15.8. The predicted molar refractivity (Wildman–Crippen MR) is 158 cm³/mol. The van der Waals surface area contributed by atoms with Crippen molar-refractivity contribution in [2.75, 3.05) is 19.8 Å². The molecule has 13 nitrogen and oxygen atoms in total. The van der Waals surface area contributed by atoms with Gasteiger partial charge >= 0.3 is 18.2 Å². The molecule has 6 rings (SSSR count). The van der Waals surface area contributed by atoms with Gasteiger partial charge in [0, 0.05) is 31.8 Å². The lowest BCUT2D eigenvalue weighted by Gasteiger charge is -2.29. The van der Waals surface area contributed by atoms with Crippen LogP contribution < -0.4 is 10.6 Å². The minimum Gasteiger partial charge on any atom is -0.479 e. The summed E-state index contributed by atoms with van der Waals surface area (Å²) in [7, 11) is 0. The van der Waals surface area contributed by atoms with Gasteiger partial charge in [-0.15, -0.1) is 0 Å². The molecule has 1 aliphatic carbocycles. The number of carbonyl (C=O) groups is 5. The summed E-state index contributed by atoms with van der Waals surface area (Å²) in [5.41, 5.74) is 0.601. The summed E-state index contributed by atoms with van der Waals surface area (Å²) >= 11 is 0. The van der Waals surface area contributed by atoms with Gasteiger partial charge in [0.25, 0.3) is 0 Å². The molecule has 4 amide bonds. The van der Waals surface area contributed by atoms with Gasteiger partial charge in [0.15, 0.2) is 0 Å². The molecule has 242 valence electrons. The normalized spacial score (nSPS) is 32.2. The van der Waals surface area contributed by atoms with E-state index in [1.807, 2.05) is 36.4 Å². The third-order valence-electron chi connectivity index (χ3n) is 9.44. The van der Waals surface area contributed by atoms with Crippen molar-refractivity contribution < 1.29 is 43.3 Å². The average molecular weight is 625 g/mol. The van der Waals surface area contributed by atoms with E-state index in [0.717, 1.165) is 30.4 Å². The van der Waals surface area contributed by atoms with Gasteiger partial charge in [-0.05, 0) is 36.8 Å². The Kier molecular flexibility index (Phi) is 8.97. The second kappa shape index (κ2) is 13.1. The molecule has 0 radical (unpaired) electrons. The number of aliphatic carboxylic acids is 1. The molecule has 5 aliphatic rings. The van der Waals surface area contributed by atoms with Gasteiger partial charge < -0.3 is 34.9 Å². The largest absolute Gasteiger partial charge is 0.479 e. The number of hydrogen-bond acceptors (Lipinski definition) is 8. The highest BCUT2D eigenvalue weighted by Gasteiger charge is 2.61. The molecule has 1 saturated carbocycles. The molecule has 13 heteroatoms. The van der Waals surface area contributed by atoms with Crippen molar-refractivity contribution in [1.29, 1.82) is 0 Å². The Morgan fingerprint density at radius 2 is 1.80 bits per heavy atom. The Labute approximate surface area is 261 Å². The van der Waals surface area contributed by atoms with Crippen LogP contribution in [0.3, 0.4) is 0 Å². The summed E-state index contributed by atoms with van der Waals surface area (Å²) in [4.78, 5) is 69.0. The summed E-state index contributed by atoms with van der Waals surface area (Å²) in [6.07, 6.45) is 5.39. The van der Waals surface area contributed by atoms with Crippen molar-refractivity contribution in [3.63, 3.8) is 0 Å². The van der Waals surface area contributed by atoms with Crippen LogP contribution in [-0.2, 0) is 41.7 Å². The lowest BCUT2D eigenvalue weighted by Crippen LogP contribution is -2.56. The number of benzene rings is 1. The molecule has 6 atom stereocenters. The number of ether oxygens (including phenoxy) is 3. The van der Waals surface area contributed by atoms with E-state index in [9.17, 15) is 29.1 Å². The molecule has 4 heterocycles. The number of carboxylic acid groups (broad SMARTS) is 1. The van der Waals surface area contributed by atoms with E-state index in [1.165, 1.54) is 4.90 Å². The summed E-state index contributed by atoms with van der Waals surface area (Å²) in [6, 6.07) is 5.64. The zero-order valence-electron chi connectivity index (χ0n) is 25.2. The van der Waals surface area contributed by atoms with Crippen LogP contribution in [0.4, 0.5) is 9.59 Å². The van der Waals surface area contributed by atoms with Crippen LogP contribution in [0.5, 0.6) is 0 Å². The molecule has 45 heavy (non-hydrogen) atoms. The van der Waals surface area contributed by atoms with Crippen LogP contribution in [0.15, 0.2) is 36.4 Å². The molecule has 1 aromatic rings. The topological polar surface area (TPSA) is 164 Å². The van der Waals surface area contributed by atoms with Gasteiger partial charge in [-0.1, -0.05) is 49.3 Å². The number of amides is 4. The first-order chi connectivity index (χ1) is 21.7. The molecular weight excluding hydrogens is 584 g/mol. The number of fused-ring (bicyclic) bond motifs is 3. The van der Waals surface area contributed by atoms with E-state index < -0.39 is 59.8 Å².